The van der Waals surface area contributed by atoms with Crippen molar-refractivity contribution in [3.63, 3.8) is 0 Å². The molecule has 0 spiro atoms. The second-order valence-electron chi connectivity index (χ2n) is 9.47. The molecule has 3 aliphatic rings. The van der Waals surface area contributed by atoms with Gasteiger partial charge in [-0.2, -0.15) is 18.3 Å². The molecule has 2 aromatic rings. The lowest BCUT2D eigenvalue weighted by Gasteiger charge is -2.37. The lowest BCUT2D eigenvalue weighted by molar-refractivity contribution is -0.138. The third-order valence-corrected chi connectivity index (χ3v) is 7.12. The minimum Gasteiger partial charge on any atom is -0.352 e. The summed E-state index contributed by atoms with van der Waals surface area (Å²) in [5.74, 6) is 0.412. The first-order valence-corrected chi connectivity index (χ1v) is 12.0. The molecular formula is C26H29F3N6O. The van der Waals surface area contributed by atoms with Crippen LogP contribution in [-0.2, 0) is 17.5 Å². The summed E-state index contributed by atoms with van der Waals surface area (Å²) in [5.41, 5.74) is 9.86. The largest absolute Gasteiger partial charge is 0.416 e. The van der Waals surface area contributed by atoms with E-state index in [1.54, 1.807) is 0 Å². The Balaban J connectivity index is 1.15. The van der Waals surface area contributed by atoms with Crippen molar-refractivity contribution in [3.8, 4) is 0 Å². The van der Waals surface area contributed by atoms with E-state index in [1.807, 2.05) is 17.3 Å². The van der Waals surface area contributed by atoms with Crippen molar-refractivity contribution in [2.45, 2.75) is 64.1 Å². The molecule has 7 nitrogen and oxygen atoms in total. The molecule has 1 amide bonds. The number of hydrogen-bond donors (Lipinski definition) is 3. The first-order valence-electron chi connectivity index (χ1n) is 12.0. The Morgan fingerprint density at radius 2 is 1.94 bits per heavy atom. The lowest BCUT2D eigenvalue weighted by atomic mass is 9.97. The molecule has 5 rings (SSSR count). The summed E-state index contributed by atoms with van der Waals surface area (Å²) in [6, 6.07) is 12.1. The maximum absolute atomic E-state index is 13.2. The van der Waals surface area contributed by atoms with Gasteiger partial charge in [-0.05, 0) is 48.6 Å². The topological polar surface area (TPSA) is 72.0 Å². The molecule has 3 heterocycles. The van der Waals surface area contributed by atoms with Crippen LogP contribution in [0.4, 0.5) is 13.2 Å². The van der Waals surface area contributed by atoms with Crippen molar-refractivity contribution in [1.29, 1.82) is 0 Å². The number of rotatable bonds is 6. The van der Waals surface area contributed by atoms with Gasteiger partial charge in [0.25, 0.3) is 0 Å². The molecule has 2 aromatic carbocycles. The average molecular weight is 499 g/mol. The molecule has 0 aliphatic carbocycles. The van der Waals surface area contributed by atoms with E-state index in [9.17, 15) is 18.0 Å². The number of amides is 1. The number of amidine groups is 1. The maximum Gasteiger partial charge on any atom is 0.416 e. The van der Waals surface area contributed by atoms with Gasteiger partial charge in [-0.25, -0.2) is 5.43 Å². The van der Waals surface area contributed by atoms with Gasteiger partial charge in [-0.3, -0.25) is 10.2 Å². The zero-order chi connectivity index (χ0) is 25.4. The van der Waals surface area contributed by atoms with Gasteiger partial charge in [0.1, 0.15) is 12.0 Å². The van der Waals surface area contributed by atoms with Crippen molar-refractivity contribution >= 4 is 11.7 Å². The van der Waals surface area contributed by atoms with E-state index in [4.69, 9.17) is 0 Å². The summed E-state index contributed by atoms with van der Waals surface area (Å²) < 4.78 is 39.5. The number of carbonyl (C=O) groups excluding carboxylic acids is 1. The van der Waals surface area contributed by atoms with Crippen LogP contribution in [-0.4, -0.2) is 33.9 Å². The fourth-order valence-corrected chi connectivity index (χ4v) is 4.97. The Labute approximate surface area is 208 Å². The molecule has 0 radical (unpaired) electrons. The number of nitrogens with zero attached hydrogens (tertiary/aromatic N) is 3. The zero-order valence-electron chi connectivity index (χ0n) is 20.1. The van der Waals surface area contributed by atoms with E-state index in [1.165, 1.54) is 34.9 Å². The second kappa shape index (κ2) is 9.50. The number of fused-ring (bicyclic) bond motifs is 3. The third-order valence-electron chi connectivity index (χ3n) is 7.12. The van der Waals surface area contributed by atoms with Crippen molar-refractivity contribution < 1.29 is 18.0 Å². The molecule has 3 N–H and O–H groups in total. The second-order valence-corrected chi connectivity index (χ2v) is 9.47. The maximum atomic E-state index is 13.2. The Kier molecular flexibility index (Phi) is 6.38. The van der Waals surface area contributed by atoms with Crippen molar-refractivity contribution in [2.24, 2.45) is 5.10 Å². The number of halogens is 3. The van der Waals surface area contributed by atoms with Gasteiger partial charge in [-0.15, -0.1) is 0 Å². The number of aryl methyl sites for hydroxylation is 2. The van der Waals surface area contributed by atoms with E-state index in [-0.39, 0.29) is 42.7 Å². The minimum atomic E-state index is -4.46. The highest BCUT2D eigenvalue weighted by Crippen LogP contribution is 2.35. The van der Waals surface area contributed by atoms with Gasteiger partial charge in [-0.1, -0.05) is 36.4 Å². The van der Waals surface area contributed by atoms with Gasteiger partial charge in [0.05, 0.1) is 17.6 Å². The molecule has 1 saturated heterocycles. The van der Waals surface area contributed by atoms with Crippen LogP contribution in [0, 0.1) is 13.8 Å². The van der Waals surface area contributed by atoms with Crippen LogP contribution in [0.25, 0.3) is 0 Å². The molecule has 0 saturated carbocycles. The predicted octanol–water partition coefficient (Wildman–Crippen LogP) is 4.07. The average Bonchev–Trinajstić information content (AvgIpc) is 3.46. The molecule has 36 heavy (non-hydrogen) atoms. The van der Waals surface area contributed by atoms with Crippen LogP contribution in [0.15, 0.2) is 60.0 Å². The van der Waals surface area contributed by atoms with Crippen LogP contribution in [0.3, 0.4) is 0 Å². The number of hydrogen-bond acceptors (Lipinski definition) is 6. The van der Waals surface area contributed by atoms with Crippen LogP contribution >= 0.6 is 0 Å². The summed E-state index contributed by atoms with van der Waals surface area (Å²) >= 11 is 0. The van der Waals surface area contributed by atoms with E-state index in [2.05, 4.69) is 58.3 Å². The Morgan fingerprint density at radius 1 is 1.14 bits per heavy atom. The van der Waals surface area contributed by atoms with Crippen LogP contribution in [0.1, 0.15) is 53.1 Å². The summed E-state index contributed by atoms with van der Waals surface area (Å²) in [5, 5.41) is 9.18. The molecule has 0 aromatic heterocycles. The number of alkyl halides is 3. The van der Waals surface area contributed by atoms with Crippen LogP contribution < -0.4 is 16.2 Å². The number of carbonyl (C=O) groups is 1. The predicted molar refractivity (Wildman–Crippen MR) is 130 cm³/mol. The molecule has 190 valence electrons. The minimum absolute atomic E-state index is 0.0457. The lowest BCUT2D eigenvalue weighted by Crippen LogP contribution is -2.54. The first kappa shape index (κ1) is 24.2. The normalized spacial score (nSPS) is 22.7. The molecule has 0 bridgehead atoms. The van der Waals surface area contributed by atoms with Gasteiger partial charge in [0.2, 0.25) is 5.91 Å². The van der Waals surface area contributed by atoms with E-state index < -0.39 is 11.7 Å². The number of nitrogens with one attached hydrogen (secondary N) is 3. The van der Waals surface area contributed by atoms with Gasteiger partial charge >= 0.3 is 6.18 Å². The molecule has 3 unspecified atom stereocenters. The molecule has 3 aliphatic heterocycles. The van der Waals surface area contributed by atoms with Crippen molar-refractivity contribution in [1.82, 2.24) is 26.1 Å². The van der Waals surface area contributed by atoms with Crippen LogP contribution in [0.2, 0.25) is 0 Å². The molecule has 1 fully saturated rings. The highest BCUT2D eigenvalue weighted by atomic mass is 19.4. The Morgan fingerprint density at radius 3 is 2.72 bits per heavy atom. The van der Waals surface area contributed by atoms with E-state index >= 15 is 0 Å². The Hall–Kier alpha value is -3.53. The highest BCUT2D eigenvalue weighted by Gasteiger charge is 2.44. The number of benzene rings is 2. The van der Waals surface area contributed by atoms with Crippen molar-refractivity contribution in [3.05, 3.63) is 82.7 Å². The smallest absolute Gasteiger partial charge is 0.352 e. The summed E-state index contributed by atoms with van der Waals surface area (Å²) in [4.78, 5) is 14.4. The summed E-state index contributed by atoms with van der Waals surface area (Å²) in [6.07, 6.45) is 0.803. The highest BCUT2D eigenvalue weighted by molar-refractivity contribution is 5.89. The summed E-state index contributed by atoms with van der Waals surface area (Å²) in [6.45, 7) is 4.05. The number of hydrazone groups is 1. The molecule has 3 atom stereocenters. The quantitative estimate of drug-likeness (QED) is 0.560. The zero-order valence-corrected chi connectivity index (χ0v) is 20.1. The fourth-order valence-electron chi connectivity index (χ4n) is 4.97. The van der Waals surface area contributed by atoms with E-state index in [0.717, 1.165) is 18.3 Å². The van der Waals surface area contributed by atoms with E-state index in [0.29, 0.717) is 6.42 Å². The molecular weight excluding hydrogens is 469 g/mol. The number of hydrazine groups is 1. The van der Waals surface area contributed by atoms with Gasteiger partial charge in [0, 0.05) is 31.8 Å². The molecule has 10 heteroatoms. The first-order chi connectivity index (χ1) is 17.2. The SMILES string of the molecule is Cc1ccc(C2CC3C4NN=C(CCC(=O)NCc5ccccc5C(F)(F)F)N4C=CN3N2)cc1C. The van der Waals surface area contributed by atoms with Crippen molar-refractivity contribution in [2.75, 3.05) is 0 Å². The van der Waals surface area contributed by atoms with Crippen LogP contribution in [0.5, 0.6) is 0 Å². The fraction of sp³-hybridized carbons (Fsp3) is 0.385. The Bertz CT molecular complexity index is 1210. The van der Waals surface area contributed by atoms with Gasteiger partial charge < -0.3 is 15.2 Å². The summed E-state index contributed by atoms with van der Waals surface area (Å²) in [7, 11) is 0. The third kappa shape index (κ3) is 4.77. The van der Waals surface area contributed by atoms with Gasteiger partial charge in [0.15, 0.2) is 0 Å². The standard InChI is InChI=1S/C26H29F3N6O/c1-16-7-8-18(13-17(16)2)21-14-22-25-32-31-23(34(25)11-12-35(22)33-21)9-10-24(36)30-15-19-5-3-4-6-20(19)26(27,28)29/h3-8,11-13,21-22,25,32-33H,9-10,14-15H2,1-2H3,(H,30,36). The monoisotopic (exact) mass is 498 g/mol.